The van der Waals surface area contributed by atoms with Crippen molar-refractivity contribution in [2.24, 2.45) is 0 Å². The topological polar surface area (TPSA) is 98.8 Å². The van der Waals surface area contributed by atoms with Gasteiger partial charge in [-0.05, 0) is 28.1 Å². The van der Waals surface area contributed by atoms with Crippen LogP contribution in [0.3, 0.4) is 0 Å². The van der Waals surface area contributed by atoms with Crippen LogP contribution < -0.4 is 5.32 Å². The van der Waals surface area contributed by atoms with Crippen molar-refractivity contribution in [2.75, 3.05) is 12.3 Å². The highest BCUT2D eigenvalue weighted by Gasteiger charge is 2.08. The minimum atomic E-state index is -0.398. The molecule has 1 N–H and O–H groups in total. The number of non-ortho nitro benzene ring substituents is 1. The van der Waals surface area contributed by atoms with Crippen LogP contribution in [0.1, 0.15) is 5.56 Å². The van der Waals surface area contributed by atoms with E-state index in [4.69, 9.17) is 0 Å². The van der Waals surface area contributed by atoms with Crippen LogP contribution in [0.2, 0.25) is 0 Å². The molecule has 3 rings (SSSR count). The van der Waals surface area contributed by atoms with Gasteiger partial charge in [0.05, 0.1) is 10.6 Å². The van der Waals surface area contributed by atoms with E-state index in [-0.39, 0.29) is 18.1 Å². The van der Waals surface area contributed by atoms with Crippen molar-refractivity contribution >= 4 is 29.9 Å². The van der Waals surface area contributed by atoms with E-state index in [9.17, 15) is 10.1 Å². The first kappa shape index (κ1) is 19.8. The van der Waals surface area contributed by atoms with Crippen LogP contribution in [0.25, 0.3) is 5.69 Å². The quantitative estimate of drug-likeness (QED) is 0.272. The molecule has 0 fully saturated rings. The van der Waals surface area contributed by atoms with E-state index in [2.05, 4.69) is 20.8 Å². The second-order valence-electron chi connectivity index (χ2n) is 5.16. The first-order valence-electron chi connectivity index (χ1n) is 7.65. The molecule has 0 atom stereocenters. The van der Waals surface area contributed by atoms with Crippen molar-refractivity contribution in [3.63, 3.8) is 0 Å². The Balaban J connectivity index is 0.00000243. The van der Waals surface area contributed by atoms with Gasteiger partial charge >= 0.3 is 0 Å². The third-order valence-electron chi connectivity index (χ3n) is 3.43. The number of thioether (sulfide) groups is 1. The number of nitrogens with zero attached hydrogens (tertiary/aromatic N) is 5. The number of benzene rings is 2. The van der Waals surface area contributed by atoms with Gasteiger partial charge < -0.3 is 5.32 Å². The molecule has 3 aromatic rings. The SMILES string of the molecule is Cl.O=[N+]([O-])c1ccc(CNCCSc2nnnn2-c2ccccc2)cc1. The Kier molecular flexibility index (Phi) is 7.52. The molecule has 0 unspecified atom stereocenters. The molecule has 26 heavy (non-hydrogen) atoms. The van der Waals surface area contributed by atoms with Gasteiger partial charge in [-0.2, -0.15) is 4.68 Å². The van der Waals surface area contributed by atoms with Gasteiger partial charge in [0.25, 0.3) is 5.69 Å². The fraction of sp³-hybridized carbons (Fsp3) is 0.188. The fourth-order valence-corrected chi connectivity index (χ4v) is 2.97. The van der Waals surface area contributed by atoms with Crippen LogP contribution >= 0.6 is 24.2 Å². The number of hydrogen-bond acceptors (Lipinski definition) is 7. The van der Waals surface area contributed by atoms with E-state index < -0.39 is 4.92 Å². The molecule has 0 aliphatic heterocycles. The number of nitrogens with one attached hydrogen (secondary N) is 1. The van der Waals surface area contributed by atoms with Crippen LogP contribution in [-0.4, -0.2) is 37.4 Å². The molecule has 0 spiro atoms. The van der Waals surface area contributed by atoms with E-state index in [0.29, 0.717) is 6.54 Å². The maximum atomic E-state index is 10.6. The lowest BCUT2D eigenvalue weighted by Crippen LogP contribution is -2.16. The summed E-state index contributed by atoms with van der Waals surface area (Å²) in [5.41, 5.74) is 2.03. The summed E-state index contributed by atoms with van der Waals surface area (Å²) in [7, 11) is 0. The Bertz CT molecular complexity index is 828. The van der Waals surface area contributed by atoms with Crippen molar-refractivity contribution in [2.45, 2.75) is 11.7 Å². The second kappa shape index (κ2) is 9.85. The standard InChI is InChI=1S/C16H16N6O2S.ClH/c23-22(24)15-8-6-13(7-9-15)12-17-10-11-25-16-18-19-20-21(16)14-4-2-1-3-5-14;/h1-9,17H,10-12H2;1H. The Morgan fingerprint density at radius 1 is 1.12 bits per heavy atom. The van der Waals surface area contributed by atoms with E-state index >= 15 is 0 Å². The van der Waals surface area contributed by atoms with Gasteiger partial charge in [-0.15, -0.1) is 17.5 Å². The summed E-state index contributed by atoms with van der Waals surface area (Å²) in [5.74, 6) is 0.806. The summed E-state index contributed by atoms with van der Waals surface area (Å²) in [6.45, 7) is 1.42. The first-order valence-corrected chi connectivity index (χ1v) is 8.63. The van der Waals surface area contributed by atoms with Crippen LogP contribution in [-0.2, 0) is 6.54 Å². The zero-order valence-corrected chi connectivity index (χ0v) is 15.3. The molecule has 0 aliphatic rings. The molecule has 0 saturated carbocycles. The molecule has 0 bridgehead atoms. The van der Waals surface area contributed by atoms with Crippen molar-refractivity contribution < 1.29 is 4.92 Å². The minimum absolute atomic E-state index is 0. The fourth-order valence-electron chi connectivity index (χ4n) is 2.18. The molecule has 0 aliphatic carbocycles. The molecular weight excluding hydrogens is 376 g/mol. The summed E-state index contributed by atoms with van der Waals surface area (Å²) in [6, 6.07) is 16.3. The smallest absolute Gasteiger partial charge is 0.269 e. The summed E-state index contributed by atoms with van der Waals surface area (Å²) >= 11 is 1.57. The summed E-state index contributed by atoms with van der Waals surface area (Å²) in [4.78, 5) is 10.2. The van der Waals surface area contributed by atoms with Crippen LogP contribution in [0.5, 0.6) is 0 Å². The summed E-state index contributed by atoms with van der Waals surface area (Å²) in [5, 5.41) is 26.5. The molecule has 2 aromatic carbocycles. The van der Waals surface area contributed by atoms with Crippen LogP contribution in [0, 0.1) is 10.1 Å². The second-order valence-corrected chi connectivity index (χ2v) is 6.22. The van der Waals surface area contributed by atoms with Crippen LogP contribution in [0.4, 0.5) is 5.69 Å². The van der Waals surface area contributed by atoms with Crippen molar-refractivity contribution in [1.29, 1.82) is 0 Å². The van der Waals surface area contributed by atoms with E-state index in [1.165, 1.54) is 12.1 Å². The summed E-state index contributed by atoms with van der Waals surface area (Å²) in [6.07, 6.45) is 0. The molecule has 1 heterocycles. The lowest BCUT2D eigenvalue weighted by Gasteiger charge is -2.05. The molecular formula is C16H17ClN6O2S. The number of aromatic nitrogens is 4. The average Bonchev–Trinajstić information content (AvgIpc) is 3.11. The highest BCUT2D eigenvalue weighted by Crippen LogP contribution is 2.17. The maximum Gasteiger partial charge on any atom is 0.269 e. The number of para-hydroxylation sites is 1. The maximum absolute atomic E-state index is 10.6. The van der Waals surface area contributed by atoms with Crippen LogP contribution in [0.15, 0.2) is 59.8 Å². The number of nitro groups is 1. The van der Waals surface area contributed by atoms with Gasteiger partial charge in [0, 0.05) is 31.0 Å². The van der Waals surface area contributed by atoms with Gasteiger partial charge in [0.2, 0.25) is 5.16 Å². The van der Waals surface area contributed by atoms with Crippen molar-refractivity contribution in [3.8, 4) is 5.69 Å². The van der Waals surface area contributed by atoms with Crippen molar-refractivity contribution in [1.82, 2.24) is 25.5 Å². The Labute approximate surface area is 160 Å². The molecule has 0 saturated heterocycles. The lowest BCUT2D eigenvalue weighted by molar-refractivity contribution is -0.384. The van der Waals surface area contributed by atoms with Gasteiger partial charge in [-0.1, -0.05) is 42.1 Å². The van der Waals surface area contributed by atoms with E-state index in [1.807, 2.05) is 30.3 Å². The predicted octanol–water partition coefficient (Wildman–Crippen LogP) is 2.87. The predicted molar refractivity (Wildman–Crippen MR) is 102 cm³/mol. The molecule has 10 heteroatoms. The molecule has 136 valence electrons. The van der Waals surface area contributed by atoms with Gasteiger partial charge in [-0.25, -0.2) is 0 Å². The number of nitro benzene ring substituents is 1. The zero-order chi connectivity index (χ0) is 17.5. The van der Waals surface area contributed by atoms with Gasteiger partial charge in [-0.3, -0.25) is 10.1 Å². The zero-order valence-electron chi connectivity index (χ0n) is 13.7. The van der Waals surface area contributed by atoms with Gasteiger partial charge in [0.15, 0.2) is 0 Å². The van der Waals surface area contributed by atoms with Gasteiger partial charge in [0.1, 0.15) is 0 Å². The third kappa shape index (κ3) is 5.25. The Hall–Kier alpha value is -2.49. The number of tetrazole rings is 1. The average molecular weight is 393 g/mol. The molecule has 1 aromatic heterocycles. The largest absolute Gasteiger partial charge is 0.312 e. The number of halogens is 1. The Morgan fingerprint density at radius 3 is 2.54 bits per heavy atom. The van der Waals surface area contributed by atoms with Crippen molar-refractivity contribution in [3.05, 3.63) is 70.3 Å². The lowest BCUT2D eigenvalue weighted by atomic mass is 10.2. The normalized spacial score (nSPS) is 10.3. The molecule has 0 radical (unpaired) electrons. The first-order chi connectivity index (χ1) is 12.2. The third-order valence-corrected chi connectivity index (χ3v) is 4.35. The highest BCUT2D eigenvalue weighted by molar-refractivity contribution is 7.99. The molecule has 0 amide bonds. The number of hydrogen-bond donors (Lipinski definition) is 1. The van der Waals surface area contributed by atoms with E-state index in [0.717, 1.165) is 28.7 Å². The molecule has 8 nitrogen and oxygen atoms in total. The van der Waals surface area contributed by atoms with E-state index in [1.54, 1.807) is 28.6 Å². The monoisotopic (exact) mass is 392 g/mol. The highest BCUT2D eigenvalue weighted by atomic mass is 35.5. The minimum Gasteiger partial charge on any atom is -0.312 e. The Morgan fingerprint density at radius 2 is 1.85 bits per heavy atom. The number of rotatable bonds is 8. The summed E-state index contributed by atoms with van der Waals surface area (Å²) < 4.78 is 1.71.